The van der Waals surface area contributed by atoms with Crippen LogP contribution in [0.2, 0.25) is 0 Å². The lowest BCUT2D eigenvalue weighted by Gasteiger charge is -2.30. The Hall–Kier alpha value is -3.20. The number of nitrogens with zero attached hydrogens (tertiary/aromatic N) is 1. The highest BCUT2D eigenvalue weighted by Crippen LogP contribution is 2.44. The van der Waals surface area contributed by atoms with Crippen LogP contribution in [0.1, 0.15) is 42.7 Å². The van der Waals surface area contributed by atoms with Crippen molar-refractivity contribution < 1.29 is 33.6 Å². The SMILES string of the molecule is C=CCOC(=O)[C@@H]1CC(OC2CCCC(CO)O2)CN1C(=O)OCC1c2ccccc2-c2ccccc21. The summed E-state index contributed by atoms with van der Waals surface area (Å²) >= 11 is 0. The smallest absolute Gasteiger partial charge is 0.410 e. The molecule has 2 aliphatic heterocycles. The first-order chi connectivity index (χ1) is 18.1. The summed E-state index contributed by atoms with van der Waals surface area (Å²) in [6.07, 6.45) is 2.40. The van der Waals surface area contributed by atoms with Crippen LogP contribution < -0.4 is 0 Å². The van der Waals surface area contributed by atoms with Crippen molar-refractivity contribution in [3.63, 3.8) is 0 Å². The topological polar surface area (TPSA) is 94.5 Å². The molecule has 5 rings (SSSR count). The lowest BCUT2D eigenvalue weighted by Crippen LogP contribution is -2.42. The number of rotatable bonds is 8. The number of aliphatic hydroxyl groups is 1. The van der Waals surface area contributed by atoms with Gasteiger partial charge in [-0.1, -0.05) is 61.2 Å². The summed E-state index contributed by atoms with van der Waals surface area (Å²) < 4.78 is 23.0. The van der Waals surface area contributed by atoms with Crippen LogP contribution in [0.25, 0.3) is 11.1 Å². The summed E-state index contributed by atoms with van der Waals surface area (Å²) in [5.74, 6) is -0.597. The van der Waals surface area contributed by atoms with E-state index in [0.717, 1.165) is 35.1 Å². The zero-order valence-corrected chi connectivity index (χ0v) is 20.8. The lowest BCUT2D eigenvalue weighted by atomic mass is 9.98. The van der Waals surface area contributed by atoms with Gasteiger partial charge in [-0.15, -0.1) is 0 Å². The Morgan fingerprint density at radius 1 is 1.05 bits per heavy atom. The molecule has 2 aromatic carbocycles. The number of hydrogen-bond donors (Lipinski definition) is 1. The first-order valence-electron chi connectivity index (χ1n) is 12.9. The van der Waals surface area contributed by atoms with Crippen molar-refractivity contribution in [2.45, 2.75) is 56.1 Å². The van der Waals surface area contributed by atoms with Crippen molar-refractivity contribution in [3.05, 3.63) is 72.3 Å². The maximum absolute atomic E-state index is 13.3. The third-order valence-electron chi connectivity index (χ3n) is 7.31. The molecule has 3 aliphatic rings. The van der Waals surface area contributed by atoms with Crippen LogP contribution in [0.15, 0.2) is 61.2 Å². The van der Waals surface area contributed by atoms with E-state index >= 15 is 0 Å². The van der Waals surface area contributed by atoms with E-state index < -0.39 is 30.5 Å². The van der Waals surface area contributed by atoms with Crippen molar-refractivity contribution in [3.8, 4) is 11.1 Å². The van der Waals surface area contributed by atoms with Gasteiger partial charge in [0.15, 0.2) is 6.29 Å². The van der Waals surface area contributed by atoms with Crippen LogP contribution in [0.5, 0.6) is 0 Å². The minimum absolute atomic E-state index is 0.0588. The lowest BCUT2D eigenvalue weighted by molar-refractivity contribution is -0.218. The van der Waals surface area contributed by atoms with E-state index in [9.17, 15) is 14.7 Å². The van der Waals surface area contributed by atoms with Gasteiger partial charge in [-0.3, -0.25) is 4.90 Å². The standard InChI is InChI=1S/C29H33NO7/c1-2-14-34-28(32)26-15-20(37-27-13-7-8-19(17-31)36-27)16-30(26)29(33)35-18-25-23-11-5-3-9-21(23)22-10-4-6-12-24(22)25/h2-6,9-12,19-20,25-27,31H,1,7-8,13-18H2/t19?,20?,26-,27?/m0/s1. The van der Waals surface area contributed by atoms with Gasteiger partial charge in [0.2, 0.25) is 0 Å². The minimum atomic E-state index is -0.821. The summed E-state index contributed by atoms with van der Waals surface area (Å²) in [5, 5.41) is 9.43. The first kappa shape index (κ1) is 25.4. The Bertz CT molecular complexity index is 1090. The van der Waals surface area contributed by atoms with Gasteiger partial charge in [-0.05, 0) is 41.5 Å². The predicted molar refractivity (Wildman–Crippen MR) is 136 cm³/mol. The van der Waals surface area contributed by atoms with E-state index in [-0.39, 0.29) is 44.8 Å². The number of hydrogen-bond acceptors (Lipinski definition) is 7. The van der Waals surface area contributed by atoms with Crippen molar-refractivity contribution in [1.29, 1.82) is 0 Å². The van der Waals surface area contributed by atoms with E-state index in [2.05, 4.69) is 30.8 Å². The van der Waals surface area contributed by atoms with Crippen LogP contribution in [0.4, 0.5) is 4.79 Å². The molecule has 0 aromatic heterocycles. The maximum atomic E-state index is 13.3. The zero-order valence-electron chi connectivity index (χ0n) is 20.8. The van der Waals surface area contributed by atoms with Crippen LogP contribution >= 0.6 is 0 Å². The third kappa shape index (κ3) is 5.42. The van der Waals surface area contributed by atoms with Crippen molar-refractivity contribution >= 4 is 12.1 Å². The Morgan fingerprint density at radius 2 is 1.76 bits per heavy atom. The molecule has 1 N–H and O–H groups in total. The molecule has 2 fully saturated rings. The highest BCUT2D eigenvalue weighted by Gasteiger charge is 2.43. The monoisotopic (exact) mass is 507 g/mol. The van der Waals surface area contributed by atoms with E-state index in [1.54, 1.807) is 0 Å². The van der Waals surface area contributed by atoms with Crippen molar-refractivity contribution in [2.75, 3.05) is 26.4 Å². The number of likely N-dealkylation sites (tertiary alicyclic amines) is 1. The quantitative estimate of drug-likeness (QED) is 0.426. The maximum Gasteiger partial charge on any atom is 0.410 e. The zero-order chi connectivity index (χ0) is 25.8. The number of benzene rings is 2. The van der Waals surface area contributed by atoms with Gasteiger partial charge in [-0.2, -0.15) is 0 Å². The minimum Gasteiger partial charge on any atom is -0.460 e. The summed E-state index contributed by atoms with van der Waals surface area (Å²) in [6.45, 7) is 3.93. The van der Waals surface area contributed by atoms with Gasteiger partial charge in [0, 0.05) is 12.3 Å². The second-order valence-corrected chi connectivity index (χ2v) is 9.69. The van der Waals surface area contributed by atoms with E-state index in [1.165, 1.54) is 11.0 Å². The van der Waals surface area contributed by atoms with Gasteiger partial charge >= 0.3 is 12.1 Å². The average molecular weight is 508 g/mol. The number of amides is 1. The molecule has 0 bridgehead atoms. The first-order valence-corrected chi connectivity index (χ1v) is 12.9. The van der Waals surface area contributed by atoms with Gasteiger partial charge < -0.3 is 24.1 Å². The summed E-state index contributed by atoms with van der Waals surface area (Å²) in [6, 6.07) is 15.5. The van der Waals surface area contributed by atoms with Crippen molar-refractivity contribution in [2.24, 2.45) is 0 Å². The van der Waals surface area contributed by atoms with Crippen LogP contribution in [0.3, 0.4) is 0 Å². The van der Waals surface area contributed by atoms with E-state index in [0.29, 0.717) is 6.42 Å². The van der Waals surface area contributed by atoms with Crippen LogP contribution in [-0.2, 0) is 23.7 Å². The van der Waals surface area contributed by atoms with E-state index in [1.807, 2.05) is 24.3 Å². The number of esters is 1. The van der Waals surface area contributed by atoms with Crippen molar-refractivity contribution in [1.82, 2.24) is 4.90 Å². The third-order valence-corrected chi connectivity index (χ3v) is 7.31. The molecule has 3 unspecified atom stereocenters. The Morgan fingerprint density at radius 3 is 2.43 bits per heavy atom. The fourth-order valence-electron chi connectivity index (χ4n) is 5.55. The molecule has 8 nitrogen and oxygen atoms in total. The second-order valence-electron chi connectivity index (χ2n) is 9.69. The van der Waals surface area contributed by atoms with Gasteiger partial charge in [0.05, 0.1) is 25.4 Å². The molecule has 0 spiro atoms. The molecule has 0 radical (unpaired) electrons. The highest BCUT2D eigenvalue weighted by molar-refractivity contribution is 5.83. The molecule has 0 saturated carbocycles. The molecular formula is C29H33NO7. The molecule has 2 aromatic rings. The molecule has 1 amide bonds. The Balaban J connectivity index is 1.27. The number of carbonyl (C=O) groups excluding carboxylic acids is 2. The Kier molecular flexibility index (Phi) is 7.88. The normalized spacial score (nSPS) is 24.8. The molecule has 8 heteroatoms. The predicted octanol–water partition coefficient (Wildman–Crippen LogP) is 4.01. The van der Waals surface area contributed by atoms with Crippen LogP contribution in [-0.4, -0.2) is 73.0 Å². The summed E-state index contributed by atoms with van der Waals surface area (Å²) in [5.41, 5.74) is 4.53. The molecular weight excluding hydrogens is 474 g/mol. The van der Waals surface area contributed by atoms with Gasteiger partial charge in [0.1, 0.15) is 19.3 Å². The molecule has 4 atom stereocenters. The van der Waals surface area contributed by atoms with Crippen LogP contribution in [0, 0.1) is 0 Å². The second kappa shape index (κ2) is 11.5. The van der Waals surface area contributed by atoms with Gasteiger partial charge in [0.25, 0.3) is 0 Å². The molecule has 2 saturated heterocycles. The summed E-state index contributed by atoms with van der Waals surface area (Å²) in [4.78, 5) is 27.5. The molecule has 196 valence electrons. The fourth-order valence-corrected chi connectivity index (χ4v) is 5.55. The Labute approximate surface area is 216 Å². The van der Waals surface area contributed by atoms with Gasteiger partial charge in [-0.25, -0.2) is 9.59 Å². The molecule has 2 heterocycles. The largest absolute Gasteiger partial charge is 0.460 e. The molecule has 37 heavy (non-hydrogen) atoms. The molecule has 1 aliphatic carbocycles. The summed E-state index contributed by atoms with van der Waals surface area (Å²) in [7, 11) is 0. The number of ether oxygens (including phenoxy) is 4. The fraction of sp³-hybridized carbons (Fsp3) is 0.448. The van der Waals surface area contributed by atoms with E-state index in [4.69, 9.17) is 18.9 Å². The highest BCUT2D eigenvalue weighted by atomic mass is 16.7. The number of fused-ring (bicyclic) bond motifs is 3. The average Bonchev–Trinajstić information content (AvgIpc) is 3.50. The number of aliphatic hydroxyl groups excluding tert-OH is 1. The number of carbonyl (C=O) groups is 2.